The number of amides is 1. The van der Waals surface area contributed by atoms with Gasteiger partial charge in [0.15, 0.2) is 0 Å². The van der Waals surface area contributed by atoms with E-state index in [0.717, 1.165) is 50.0 Å². The summed E-state index contributed by atoms with van der Waals surface area (Å²) < 4.78 is 1.10. The number of carbonyl (C=O) groups is 1. The Morgan fingerprint density at radius 2 is 1.84 bits per heavy atom. The highest BCUT2D eigenvalue weighted by Gasteiger charge is 2.21. The van der Waals surface area contributed by atoms with Gasteiger partial charge >= 0.3 is 0 Å². The number of carbonyl (C=O) groups excluding carboxylic acids is 1. The van der Waals surface area contributed by atoms with E-state index in [9.17, 15) is 4.79 Å². The van der Waals surface area contributed by atoms with Crippen molar-refractivity contribution in [1.29, 1.82) is 0 Å². The lowest BCUT2D eigenvalue weighted by atomic mass is 10.0. The van der Waals surface area contributed by atoms with E-state index in [1.807, 2.05) is 48.7 Å². The van der Waals surface area contributed by atoms with Gasteiger partial charge in [0, 0.05) is 38.8 Å². The van der Waals surface area contributed by atoms with Gasteiger partial charge in [-0.05, 0) is 62.7 Å². The van der Waals surface area contributed by atoms with Gasteiger partial charge in [0.05, 0.1) is 5.52 Å². The lowest BCUT2D eigenvalue weighted by Gasteiger charge is -2.14. The number of nitrogens with zero attached hydrogens (tertiary/aromatic N) is 2. The van der Waals surface area contributed by atoms with Crippen molar-refractivity contribution in [2.75, 3.05) is 26.2 Å². The van der Waals surface area contributed by atoms with E-state index in [1.54, 1.807) is 11.3 Å². The topological polar surface area (TPSA) is 45.2 Å². The first-order valence-electron chi connectivity index (χ1n) is 10.8. The number of pyridine rings is 1. The lowest BCUT2D eigenvalue weighted by Crippen LogP contribution is -2.28. The van der Waals surface area contributed by atoms with Gasteiger partial charge in [0.1, 0.15) is 4.88 Å². The SMILES string of the molecule is O=C(NCCCN1CCCC1)c1sc2c(cnc3ccccc32)c1-c1ccc(Cl)cc1. The van der Waals surface area contributed by atoms with Crippen molar-refractivity contribution in [3.05, 3.63) is 64.6 Å². The molecule has 0 spiro atoms. The second-order valence-electron chi connectivity index (χ2n) is 7.99. The Labute approximate surface area is 190 Å². The molecule has 4 aromatic rings. The van der Waals surface area contributed by atoms with Gasteiger partial charge in [-0.15, -0.1) is 11.3 Å². The van der Waals surface area contributed by atoms with Crippen LogP contribution in [0.25, 0.3) is 32.1 Å². The Balaban J connectivity index is 1.49. The van der Waals surface area contributed by atoms with Crippen LogP contribution < -0.4 is 5.32 Å². The van der Waals surface area contributed by atoms with Crippen LogP contribution in [0.4, 0.5) is 0 Å². The van der Waals surface area contributed by atoms with E-state index in [0.29, 0.717) is 11.6 Å². The molecule has 2 aromatic heterocycles. The Bertz CT molecular complexity index is 1230. The molecule has 0 radical (unpaired) electrons. The van der Waals surface area contributed by atoms with E-state index >= 15 is 0 Å². The average molecular weight is 450 g/mol. The molecule has 0 unspecified atom stereocenters. The second-order valence-corrected chi connectivity index (χ2v) is 9.45. The van der Waals surface area contributed by atoms with E-state index in [-0.39, 0.29) is 5.91 Å². The Morgan fingerprint density at radius 3 is 2.65 bits per heavy atom. The van der Waals surface area contributed by atoms with Gasteiger partial charge in [-0.25, -0.2) is 0 Å². The number of hydrogen-bond acceptors (Lipinski definition) is 4. The molecule has 1 N–H and O–H groups in total. The first-order valence-corrected chi connectivity index (χ1v) is 12.0. The third-order valence-corrected chi connectivity index (χ3v) is 7.39. The van der Waals surface area contributed by atoms with Gasteiger partial charge in [0.2, 0.25) is 0 Å². The van der Waals surface area contributed by atoms with E-state index in [2.05, 4.69) is 21.3 Å². The number of aromatic nitrogens is 1. The van der Waals surface area contributed by atoms with Crippen LogP contribution in [0, 0.1) is 0 Å². The summed E-state index contributed by atoms with van der Waals surface area (Å²) in [6, 6.07) is 15.8. The maximum Gasteiger partial charge on any atom is 0.262 e. The zero-order chi connectivity index (χ0) is 21.2. The highest BCUT2D eigenvalue weighted by atomic mass is 35.5. The molecule has 1 saturated heterocycles. The van der Waals surface area contributed by atoms with E-state index in [1.165, 1.54) is 25.9 Å². The normalized spacial score (nSPS) is 14.5. The molecule has 4 nitrogen and oxygen atoms in total. The summed E-state index contributed by atoms with van der Waals surface area (Å²) in [5.74, 6) is -0.0170. The van der Waals surface area contributed by atoms with Gasteiger partial charge in [0.25, 0.3) is 5.91 Å². The number of para-hydroxylation sites is 1. The smallest absolute Gasteiger partial charge is 0.262 e. The van der Waals surface area contributed by atoms with Gasteiger partial charge in [-0.2, -0.15) is 0 Å². The molecule has 0 saturated carbocycles. The Hall–Kier alpha value is -2.47. The van der Waals surface area contributed by atoms with Crippen LogP contribution in [0.5, 0.6) is 0 Å². The van der Waals surface area contributed by atoms with Crippen molar-refractivity contribution in [3.8, 4) is 11.1 Å². The fraction of sp³-hybridized carbons (Fsp3) is 0.280. The number of rotatable bonds is 6. The summed E-state index contributed by atoms with van der Waals surface area (Å²) in [4.78, 5) is 21.1. The van der Waals surface area contributed by atoms with Crippen LogP contribution in [0.2, 0.25) is 5.02 Å². The van der Waals surface area contributed by atoms with Crippen LogP contribution >= 0.6 is 22.9 Å². The maximum atomic E-state index is 13.2. The van der Waals surface area contributed by atoms with E-state index in [4.69, 9.17) is 11.6 Å². The summed E-state index contributed by atoms with van der Waals surface area (Å²) in [6.45, 7) is 4.10. The number of hydrogen-bond donors (Lipinski definition) is 1. The zero-order valence-electron chi connectivity index (χ0n) is 17.2. The molecule has 31 heavy (non-hydrogen) atoms. The number of benzene rings is 2. The number of nitrogens with one attached hydrogen (secondary N) is 1. The molecular formula is C25H24ClN3OS. The molecule has 5 rings (SSSR count). The Kier molecular flexibility index (Phi) is 5.90. The van der Waals surface area contributed by atoms with Gasteiger partial charge < -0.3 is 10.2 Å². The number of thiophene rings is 1. The predicted octanol–water partition coefficient (Wildman–Crippen LogP) is 5.99. The second kappa shape index (κ2) is 8.95. The standard InChI is InChI=1S/C25H24ClN3OS/c26-18-10-8-17(9-11-18)22-20-16-28-21-7-2-1-6-19(21)23(20)31-24(22)25(30)27-12-5-15-29-13-3-4-14-29/h1-2,6-11,16H,3-5,12-15H2,(H,27,30). The summed E-state index contributed by atoms with van der Waals surface area (Å²) in [6.07, 6.45) is 5.45. The van der Waals surface area contributed by atoms with Crippen LogP contribution in [0.1, 0.15) is 28.9 Å². The summed E-state index contributed by atoms with van der Waals surface area (Å²) >= 11 is 7.67. The van der Waals surface area contributed by atoms with Crippen molar-refractivity contribution in [3.63, 3.8) is 0 Å². The molecule has 3 heterocycles. The number of halogens is 1. The predicted molar refractivity (Wildman–Crippen MR) is 130 cm³/mol. The first-order chi connectivity index (χ1) is 15.2. The molecule has 6 heteroatoms. The van der Waals surface area contributed by atoms with Gasteiger partial charge in [-0.1, -0.05) is 41.9 Å². The summed E-state index contributed by atoms with van der Waals surface area (Å²) in [5.41, 5.74) is 2.86. The zero-order valence-corrected chi connectivity index (χ0v) is 18.8. The molecule has 1 amide bonds. The lowest BCUT2D eigenvalue weighted by molar-refractivity contribution is 0.0956. The highest BCUT2D eigenvalue weighted by molar-refractivity contribution is 7.22. The molecule has 2 aromatic carbocycles. The molecule has 0 atom stereocenters. The highest BCUT2D eigenvalue weighted by Crippen LogP contribution is 2.41. The van der Waals surface area contributed by atoms with Crippen molar-refractivity contribution in [2.45, 2.75) is 19.3 Å². The van der Waals surface area contributed by atoms with Crippen LogP contribution in [0.15, 0.2) is 54.7 Å². The first kappa shape index (κ1) is 20.4. The quantitative estimate of drug-likeness (QED) is 0.368. The molecule has 158 valence electrons. The minimum atomic E-state index is -0.0170. The molecule has 1 fully saturated rings. The molecular weight excluding hydrogens is 426 g/mol. The summed E-state index contributed by atoms with van der Waals surface area (Å²) in [5, 5.41) is 5.92. The fourth-order valence-corrected chi connectivity index (χ4v) is 5.71. The third-order valence-electron chi connectivity index (χ3n) is 5.90. The van der Waals surface area contributed by atoms with Crippen molar-refractivity contribution in [2.24, 2.45) is 0 Å². The third kappa shape index (κ3) is 4.18. The Morgan fingerprint density at radius 1 is 1.06 bits per heavy atom. The minimum Gasteiger partial charge on any atom is -0.351 e. The minimum absolute atomic E-state index is 0.0170. The van der Waals surface area contributed by atoms with Gasteiger partial charge in [-0.3, -0.25) is 9.78 Å². The molecule has 0 bridgehead atoms. The van der Waals surface area contributed by atoms with E-state index < -0.39 is 0 Å². The largest absolute Gasteiger partial charge is 0.351 e. The van der Waals surface area contributed by atoms with Crippen LogP contribution in [-0.4, -0.2) is 42.0 Å². The molecule has 1 aliphatic heterocycles. The number of likely N-dealkylation sites (tertiary alicyclic amines) is 1. The van der Waals surface area contributed by atoms with Crippen molar-refractivity contribution < 1.29 is 4.79 Å². The van der Waals surface area contributed by atoms with Crippen molar-refractivity contribution in [1.82, 2.24) is 15.2 Å². The number of fused-ring (bicyclic) bond motifs is 3. The van der Waals surface area contributed by atoms with Crippen LogP contribution in [-0.2, 0) is 0 Å². The molecule has 0 aliphatic carbocycles. The monoisotopic (exact) mass is 449 g/mol. The van der Waals surface area contributed by atoms with Crippen LogP contribution in [0.3, 0.4) is 0 Å². The maximum absolute atomic E-state index is 13.2. The average Bonchev–Trinajstić information content (AvgIpc) is 3.45. The fourth-order valence-electron chi connectivity index (χ4n) is 4.33. The van der Waals surface area contributed by atoms with Crippen molar-refractivity contribution >= 4 is 49.8 Å². The summed E-state index contributed by atoms with van der Waals surface area (Å²) in [7, 11) is 0. The molecule has 1 aliphatic rings.